The first-order valence-corrected chi connectivity index (χ1v) is 7.33. The Bertz CT molecular complexity index is 557. The molecule has 2 amide bonds. The highest BCUT2D eigenvalue weighted by Gasteiger charge is 2.30. The number of para-hydroxylation sites is 1. The molecule has 2 rings (SSSR count). The molecule has 0 fully saturated rings. The monoisotopic (exact) mass is 292 g/mol. The van der Waals surface area contributed by atoms with Gasteiger partial charge < -0.3 is 10.4 Å². The molecule has 0 saturated carbocycles. The number of thioether (sulfide) groups is 1. The number of amides is 2. The number of nitrogens with zero attached hydrogens (tertiary/aromatic N) is 1. The van der Waals surface area contributed by atoms with Gasteiger partial charge >= 0.3 is 0 Å². The van der Waals surface area contributed by atoms with Crippen LogP contribution >= 0.6 is 11.8 Å². The quantitative estimate of drug-likeness (QED) is 0.613. The van der Waals surface area contributed by atoms with Crippen molar-refractivity contribution in [2.75, 3.05) is 24.2 Å². The number of carbonyl (C=O) groups excluding carboxylic acids is 2. The van der Waals surface area contributed by atoms with E-state index < -0.39 is 11.8 Å². The van der Waals surface area contributed by atoms with Gasteiger partial charge in [-0.3, -0.25) is 14.5 Å². The van der Waals surface area contributed by atoms with E-state index in [-0.39, 0.29) is 18.8 Å². The summed E-state index contributed by atoms with van der Waals surface area (Å²) in [6.45, 7) is 1.83. The number of benzene rings is 1. The van der Waals surface area contributed by atoms with Crippen molar-refractivity contribution in [3.05, 3.63) is 36.0 Å². The number of aliphatic hydroxyl groups excluding tert-OH is 1. The number of nitrogens with one attached hydrogen (secondary N) is 1. The molecule has 1 aromatic rings. The van der Waals surface area contributed by atoms with Crippen LogP contribution in [-0.4, -0.2) is 40.7 Å². The number of aliphatic hydroxyl groups is 1. The van der Waals surface area contributed by atoms with Gasteiger partial charge in [0.05, 0.1) is 18.8 Å². The van der Waals surface area contributed by atoms with Crippen LogP contribution in [0, 0.1) is 0 Å². The number of hydrogen-bond acceptors (Lipinski definition) is 5. The van der Waals surface area contributed by atoms with Gasteiger partial charge in [0.25, 0.3) is 11.8 Å². The van der Waals surface area contributed by atoms with Crippen LogP contribution in [0.4, 0.5) is 5.69 Å². The third-order valence-electron chi connectivity index (χ3n) is 2.79. The molecule has 6 heteroatoms. The number of carbonyl (C=O) groups is 2. The summed E-state index contributed by atoms with van der Waals surface area (Å²) in [5.74, 6) is 0.119. The summed E-state index contributed by atoms with van der Waals surface area (Å²) in [4.78, 5) is 25.7. The van der Waals surface area contributed by atoms with Gasteiger partial charge in [0, 0.05) is 11.0 Å². The van der Waals surface area contributed by atoms with Crippen molar-refractivity contribution in [2.24, 2.45) is 0 Å². The van der Waals surface area contributed by atoms with Crippen LogP contribution in [0.3, 0.4) is 0 Å². The van der Waals surface area contributed by atoms with Crippen LogP contribution in [0.2, 0.25) is 0 Å². The Balaban J connectivity index is 2.17. The molecule has 0 spiro atoms. The van der Waals surface area contributed by atoms with Crippen molar-refractivity contribution < 1.29 is 14.7 Å². The van der Waals surface area contributed by atoms with Gasteiger partial charge in [0.15, 0.2) is 0 Å². The fraction of sp³-hybridized carbons (Fsp3) is 0.286. The molecule has 1 aliphatic heterocycles. The van der Waals surface area contributed by atoms with E-state index in [0.717, 1.165) is 21.2 Å². The average molecular weight is 292 g/mol. The lowest BCUT2D eigenvalue weighted by Gasteiger charge is -2.14. The molecule has 0 aliphatic carbocycles. The summed E-state index contributed by atoms with van der Waals surface area (Å²) in [7, 11) is 0. The predicted molar refractivity (Wildman–Crippen MR) is 78.4 cm³/mol. The Morgan fingerprint density at radius 2 is 2.05 bits per heavy atom. The Morgan fingerprint density at radius 1 is 1.30 bits per heavy atom. The second-order valence-corrected chi connectivity index (χ2v) is 5.44. The number of β-amino-alcohol motifs (C(OH)–C–C–N with tert-alkyl or cyclic N) is 1. The lowest BCUT2D eigenvalue weighted by atomic mass is 10.3. The van der Waals surface area contributed by atoms with Crippen LogP contribution < -0.4 is 5.32 Å². The van der Waals surface area contributed by atoms with Crippen LogP contribution in [0.15, 0.2) is 40.9 Å². The molecule has 1 aliphatic rings. The van der Waals surface area contributed by atoms with Gasteiger partial charge in [-0.2, -0.15) is 0 Å². The van der Waals surface area contributed by atoms with Crippen molar-refractivity contribution in [2.45, 2.75) is 11.8 Å². The molecule has 20 heavy (non-hydrogen) atoms. The molecule has 1 aromatic carbocycles. The minimum absolute atomic E-state index is 0.0186. The van der Waals surface area contributed by atoms with E-state index in [1.54, 1.807) is 11.8 Å². The third-order valence-corrected chi connectivity index (χ3v) is 3.74. The van der Waals surface area contributed by atoms with E-state index in [4.69, 9.17) is 5.11 Å². The van der Waals surface area contributed by atoms with Crippen molar-refractivity contribution in [3.8, 4) is 0 Å². The maximum Gasteiger partial charge on any atom is 0.277 e. The highest BCUT2D eigenvalue weighted by molar-refractivity contribution is 7.99. The normalized spacial score (nSPS) is 14.7. The van der Waals surface area contributed by atoms with E-state index in [9.17, 15) is 9.59 Å². The lowest BCUT2D eigenvalue weighted by Crippen LogP contribution is -2.34. The predicted octanol–water partition coefficient (Wildman–Crippen LogP) is 1.46. The first-order chi connectivity index (χ1) is 9.67. The zero-order chi connectivity index (χ0) is 14.5. The Morgan fingerprint density at radius 3 is 2.75 bits per heavy atom. The summed E-state index contributed by atoms with van der Waals surface area (Å²) in [5.41, 5.74) is 1.05. The largest absolute Gasteiger partial charge is 0.395 e. The van der Waals surface area contributed by atoms with Gasteiger partial charge in [-0.05, 0) is 17.9 Å². The van der Waals surface area contributed by atoms with Gasteiger partial charge in [-0.25, -0.2) is 0 Å². The highest BCUT2D eigenvalue weighted by Crippen LogP contribution is 2.28. The van der Waals surface area contributed by atoms with Crippen molar-refractivity contribution in [3.63, 3.8) is 0 Å². The van der Waals surface area contributed by atoms with Crippen LogP contribution in [0.1, 0.15) is 6.92 Å². The molecule has 0 aromatic heterocycles. The minimum Gasteiger partial charge on any atom is -0.395 e. The van der Waals surface area contributed by atoms with Crippen LogP contribution in [0.5, 0.6) is 0 Å². The van der Waals surface area contributed by atoms with Crippen LogP contribution in [-0.2, 0) is 9.59 Å². The van der Waals surface area contributed by atoms with Gasteiger partial charge in [0.2, 0.25) is 0 Å². The average Bonchev–Trinajstić information content (AvgIpc) is 2.69. The molecule has 0 radical (unpaired) electrons. The van der Waals surface area contributed by atoms with Crippen molar-refractivity contribution in [1.29, 1.82) is 0 Å². The third kappa shape index (κ3) is 3.02. The first kappa shape index (κ1) is 14.6. The minimum atomic E-state index is -0.402. The Hall–Kier alpha value is -1.79. The first-order valence-electron chi connectivity index (χ1n) is 6.34. The summed E-state index contributed by atoms with van der Waals surface area (Å²) in [6.07, 6.45) is 1.27. The molecule has 0 atom stereocenters. The summed E-state index contributed by atoms with van der Waals surface area (Å²) < 4.78 is 0. The topological polar surface area (TPSA) is 69.6 Å². The molecule has 0 saturated heterocycles. The molecule has 2 N–H and O–H groups in total. The molecule has 0 unspecified atom stereocenters. The van der Waals surface area contributed by atoms with Gasteiger partial charge in [-0.15, -0.1) is 11.8 Å². The molecule has 106 valence electrons. The maximum absolute atomic E-state index is 12.0. The van der Waals surface area contributed by atoms with E-state index >= 15 is 0 Å². The number of imide groups is 1. The van der Waals surface area contributed by atoms with E-state index in [1.165, 1.54) is 6.08 Å². The number of rotatable bonds is 6. The lowest BCUT2D eigenvalue weighted by molar-refractivity contribution is -0.137. The van der Waals surface area contributed by atoms with Crippen molar-refractivity contribution in [1.82, 2.24) is 4.90 Å². The number of hydrogen-bond donors (Lipinski definition) is 2. The second-order valence-electron chi connectivity index (χ2n) is 4.13. The maximum atomic E-state index is 12.0. The summed E-state index contributed by atoms with van der Waals surface area (Å²) in [5, 5.41) is 11.9. The van der Waals surface area contributed by atoms with Crippen LogP contribution in [0.25, 0.3) is 0 Å². The Kier molecular flexibility index (Phi) is 4.81. The van der Waals surface area contributed by atoms with Crippen molar-refractivity contribution >= 4 is 29.3 Å². The Labute approximate surface area is 121 Å². The SMILES string of the molecule is CCSc1ccccc1NC1=CC(=O)N(CCO)C1=O. The van der Waals surface area contributed by atoms with Gasteiger partial charge in [0.1, 0.15) is 5.70 Å². The highest BCUT2D eigenvalue weighted by atomic mass is 32.2. The molecule has 1 heterocycles. The fourth-order valence-corrected chi connectivity index (χ4v) is 2.67. The zero-order valence-electron chi connectivity index (χ0n) is 11.1. The standard InChI is InChI=1S/C14H16N2O3S/c1-2-20-12-6-4-3-5-10(12)15-11-9-13(18)16(7-8-17)14(11)19/h3-6,9,15,17H,2,7-8H2,1H3. The smallest absolute Gasteiger partial charge is 0.277 e. The summed E-state index contributed by atoms with van der Waals surface area (Å²) in [6, 6.07) is 7.63. The molecular formula is C14H16N2O3S. The van der Waals surface area contributed by atoms with E-state index in [2.05, 4.69) is 5.32 Å². The number of anilines is 1. The molecule has 5 nitrogen and oxygen atoms in total. The molecular weight excluding hydrogens is 276 g/mol. The fourth-order valence-electron chi connectivity index (χ4n) is 1.91. The summed E-state index contributed by atoms with van der Waals surface area (Å²) >= 11 is 1.66. The van der Waals surface area contributed by atoms with E-state index in [1.807, 2.05) is 31.2 Å². The van der Waals surface area contributed by atoms with Gasteiger partial charge in [-0.1, -0.05) is 19.1 Å². The zero-order valence-corrected chi connectivity index (χ0v) is 11.9. The second kappa shape index (κ2) is 6.58. The molecule has 0 bridgehead atoms. The van der Waals surface area contributed by atoms with E-state index in [0.29, 0.717) is 0 Å².